The van der Waals surface area contributed by atoms with Gasteiger partial charge in [-0.2, -0.15) is 0 Å². The highest BCUT2D eigenvalue weighted by atomic mass is 16.7. The van der Waals surface area contributed by atoms with Gasteiger partial charge in [0.2, 0.25) is 5.91 Å². The molecule has 7 nitrogen and oxygen atoms in total. The van der Waals surface area contributed by atoms with Gasteiger partial charge in [-0.3, -0.25) is 4.79 Å². The van der Waals surface area contributed by atoms with Gasteiger partial charge in [0.05, 0.1) is 6.61 Å². The van der Waals surface area contributed by atoms with Crippen LogP contribution in [0.4, 0.5) is 0 Å². The molecule has 7 heteroatoms. The zero-order valence-corrected chi connectivity index (χ0v) is 9.87. The highest BCUT2D eigenvalue weighted by molar-refractivity contribution is 5.73. The van der Waals surface area contributed by atoms with E-state index in [9.17, 15) is 15.0 Å². The number of rotatable bonds is 4. The molecular weight excluding hydrogens is 230 g/mol. The Morgan fingerprint density at radius 2 is 2.06 bits per heavy atom. The summed E-state index contributed by atoms with van der Waals surface area (Å²) in [7, 11) is 0. The molecule has 0 aromatic carbocycles. The van der Waals surface area contributed by atoms with Crippen molar-refractivity contribution >= 4 is 5.91 Å². The summed E-state index contributed by atoms with van der Waals surface area (Å²) in [4.78, 5) is 11.0. The van der Waals surface area contributed by atoms with Crippen molar-refractivity contribution in [3.63, 3.8) is 0 Å². The number of nitrogens with one attached hydrogen (secondary N) is 1. The van der Waals surface area contributed by atoms with Crippen molar-refractivity contribution in [3.8, 4) is 0 Å². The zero-order chi connectivity index (χ0) is 13.0. The number of hydrogen-bond donors (Lipinski definition) is 4. The molecule has 2 unspecified atom stereocenters. The molecule has 0 aromatic rings. The first-order valence-electron chi connectivity index (χ1n) is 5.52. The Hall–Kier alpha value is -0.730. The first kappa shape index (κ1) is 14.3. The van der Waals surface area contributed by atoms with Crippen LogP contribution < -0.4 is 5.32 Å². The molecule has 1 aliphatic rings. The predicted octanol–water partition coefficient (Wildman–Crippen LogP) is -2.03. The van der Waals surface area contributed by atoms with Crippen LogP contribution >= 0.6 is 0 Å². The lowest BCUT2D eigenvalue weighted by atomic mass is 9.97. The minimum Gasteiger partial charge on any atom is -0.394 e. The molecule has 0 radical (unpaired) electrons. The number of aliphatic hydroxyl groups is 3. The standard InChI is InChI=1S/C10H19NO6/c1-3-16-10-7(11-5(2)13)9(15)8(14)6(4-12)17-10/h6-10,12,14-15H,3-4H2,1-2H3,(H,11,13)/t6?,7?,8-,9+,10+/m0/s1. The van der Waals surface area contributed by atoms with E-state index in [4.69, 9.17) is 14.6 Å². The molecule has 100 valence electrons. The van der Waals surface area contributed by atoms with Crippen LogP contribution in [0.3, 0.4) is 0 Å². The van der Waals surface area contributed by atoms with Crippen LogP contribution in [0.5, 0.6) is 0 Å². The third kappa shape index (κ3) is 3.36. The first-order chi connectivity index (χ1) is 8.01. The Bertz CT molecular complexity index is 261. The zero-order valence-electron chi connectivity index (χ0n) is 9.87. The second-order valence-electron chi connectivity index (χ2n) is 3.89. The van der Waals surface area contributed by atoms with E-state index >= 15 is 0 Å². The first-order valence-corrected chi connectivity index (χ1v) is 5.52. The Labute approximate surface area is 99.3 Å². The Morgan fingerprint density at radius 3 is 2.53 bits per heavy atom. The fraction of sp³-hybridized carbons (Fsp3) is 0.900. The topological polar surface area (TPSA) is 108 Å². The fourth-order valence-corrected chi connectivity index (χ4v) is 1.78. The van der Waals surface area contributed by atoms with Gasteiger partial charge in [-0.15, -0.1) is 0 Å². The molecular formula is C10H19NO6. The van der Waals surface area contributed by atoms with Gasteiger partial charge in [-0.05, 0) is 6.92 Å². The molecule has 0 saturated carbocycles. The molecule has 1 amide bonds. The molecule has 0 bridgehead atoms. The largest absolute Gasteiger partial charge is 0.394 e. The maximum absolute atomic E-state index is 11.0. The van der Waals surface area contributed by atoms with Gasteiger partial charge in [-0.1, -0.05) is 0 Å². The fourth-order valence-electron chi connectivity index (χ4n) is 1.78. The molecule has 1 saturated heterocycles. The molecule has 1 fully saturated rings. The van der Waals surface area contributed by atoms with E-state index in [1.54, 1.807) is 6.92 Å². The van der Waals surface area contributed by atoms with Gasteiger partial charge in [0.25, 0.3) is 0 Å². The number of carbonyl (C=O) groups excluding carboxylic acids is 1. The maximum Gasteiger partial charge on any atom is 0.217 e. The number of aliphatic hydroxyl groups excluding tert-OH is 3. The summed E-state index contributed by atoms with van der Waals surface area (Å²) in [5, 5.41) is 31.0. The smallest absolute Gasteiger partial charge is 0.217 e. The monoisotopic (exact) mass is 249 g/mol. The van der Waals surface area contributed by atoms with Crippen LogP contribution in [-0.4, -0.2) is 65.1 Å². The van der Waals surface area contributed by atoms with Crippen LogP contribution in [0, 0.1) is 0 Å². The summed E-state index contributed by atoms with van der Waals surface area (Å²) in [6, 6.07) is -0.856. The SMILES string of the molecule is CCO[C@@H]1OC(CO)[C@H](O)[C@H](O)C1NC(C)=O. The molecule has 4 N–H and O–H groups in total. The van der Waals surface area contributed by atoms with Gasteiger partial charge in [0.15, 0.2) is 6.29 Å². The number of carbonyl (C=O) groups is 1. The number of ether oxygens (including phenoxy) is 2. The minimum atomic E-state index is -1.27. The Morgan fingerprint density at radius 1 is 1.41 bits per heavy atom. The summed E-state index contributed by atoms with van der Waals surface area (Å²) in [5.74, 6) is -0.364. The van der Waals surface area contributed by atoms with E-state index in [0.29, 0.717) is 6.61 Å². The van der Waals surface area contributed by atoms with Gasteiger partial charge >= 0.3 is 0 Å². The van der Waals surface area contributed by atoms with Crippen molar-refractivity contribution in [1.82, 2.24) is 5.32 Å². The van der Waals surface area contributed by atoms with E-state index in [1.807, 2.05) is 0 Å². The molecule has 1 rings (SSSR count). The summed E-state index contributed by atoms with van der Waals surface area (Å²) >= 11 is 0. The van der Waals surface area contributed by atoms with E-state index in [-0.39, 0.29) is 5.91 Å². The van der Waals surface area contributed by atoms with E-state index in [2.05, 4.69) is 5.32 Å². The lowest BCUT2D eigenvalue weighted by Crippen LogP contribution is -2.64. The molecule has 5 atom stereocenters. The highest BCUT2D eigenvalue weighted by Gasteiger charge is 2.45. The lowest BCUT2D eigenvalue weighted by Gasteiger charge is -2.42. The normalized spacial score (nSPS) is 37.8. The average Bonchev–Trinajstić information content (AvgIpc) is 2.28. The van der Waals surface area contributed by atoms with Crippen molar-refractivity contribution in [2.75, 3.05) is 13.2 Å². The average molecular weight is 249 g/mol. The van der Waals surface area contributed by atoms with Crippen LogP contribution in [-0.2, 0) is 14.3 Å². The van der Waals surface area contributed by atoms with Crippen LogP contribution in [0.1, 0.15) is 13.8 Å². The maximum atomic E-state index is 11.0. The van der Waals surface area contributed by atoms with Crippen molar-refractivity contribution in [2.45, 2.75) is 44.5 Å². The van der Waals surface area contributed by atoms with Crippen molar-refractivity contribution in [3.05, 3.63) is 0 Å². The van der Waals surface area contributed by atoms with Crippen LogP contribution in [0.2, 0.25) is 0 Å². The lowest BCUT2D eigenvalue weighted by molar-refractivity contribution is -0.268. The molecule has 0 aliphatic carbocycles. The third-order valence-electron chi connectivity index (χ3n) is 2.58. The summed E-state index contributed by atoms with van der Waals surface area (Å²) < 4.78 is 10.5. The van der Waals surface area contributed by atoms with Crippen molar-refractivity contribution in [2.24, 2.45) is 0 Å². The van der Waals surface area contributed by atoms with Gasteiger partial charge in [0.1, 0.15) is 24.4 Å². The third-order valence-corrected chi connectivity index (χ3v) is 2.58. The number of hydrogen-bond acceptors (Lipinski definition) is 6. The van der Waals surface area contributed by atoms with Crippen LogP contribution in [0.15, 0.2) is 0 Å². The Balaban J connectivity index is 2.78. The minimum absolute atomic E-state index is 0.321. The Kier molecular flexibility index (Phi) is 5.29. The highest BCUT2D eigenvalue weighted by Crippen LogP contribution is 2.21. The quantitative estimate of drug-likeness (QED) is 0.457. The van der Waals surface area contributed by atoms with Gasteiger partial charge < -0.3 is 30.1 Å². The van der Waals surface area contributed by atoms with E-state index in [0.717, 1.165) is 0 Å². The summed E-state index contributed by atoms with van der Waals surface area (Å²) in [6.07, 6.45) is -4.33. The van der Waals surface area contributed by atoms with Crippen LogP contribution in [0.25, 0.3) is 0 Å². The van der Waals surface area contributed by atoms with Crippen molar-refractivity contribution in [1.29, 1.82) is 0 Å². The molecule has 1 heterocycles. The molecule has 17 heavy (non-hydrogen) atoms. The van der Waals surface area contributed by atoms with Gasteiger partial charge in [0, 0.05) is 13.5 Å². The van der Waals surface area contributed by atoms with Crippen molar-refractivity contribution < 1.29 is 29.6 Å². The second-order valence-corrected chi connectivity index (χ2v) is 3.89. The number of amides is 1. The molecule has 0 aromatic heterocycles. The molecule has 0 spiro atoms. The van der Waals surface area contributed by atoms with E-state index in [1.165, 1.54) is 6.92 Å². The van der Waals surface area contributed by atoms with E-state index < -0.39 is 37.3 Å². The predicted molar refractivity (Wildman–Crippen MR) is 57.0 cm³/mol. The summed E-state index contributed by atoms with van der Waals surface area (Å²) in [5.41, 5.74) is 0. The molecule has 1 aliphatic heterocycles. The second kappa shape index (κ2) is 6.27. The van der Waals surface area contributed by atoms with Gasteiger partial charge in [-0.25, -0.2) is 0 Å². The summed E-state index contributed by atoms with van der Waals surface area (Å²) in [6.45, 7) is 2.91.